The number of rotatable bonds is 8. The maximum atomic E-state index is 13.4. The third kappa shape index (κ3) is 6.72. The molecule has 4 rings (SSSR count). The fraction of sp³-hybridized carbons (Fsp3) is 0.143. The number of carbonyl (C=O) groups is 4. The topological polar surface area (TPSA) is 114 Å². The lowest BCUT2D eigenvalue weighted by Gasteiger charge is -2.26. The molecule has 12 heteroatoms. The largest absolute Gasteiger partial charge is 0.494 e. The van der Waals surface area contributed by atoms with Gasteiger partial charge in [-0.1, -0.05) is 33.6 Å². The van der Waals surface area contributed by atoms with E-state index in [1.807, 2.05) is 13.8 Å². The zero-order valence-electron chi connectivity index (χ0n) is 21.2. The number of halogens is 3. The Morgan fingerprint density at radius 3 is 2.45 bits per heavy atom. The van der Waals surface area contributed by atoms with Crippen molar-refractivity contribution in [2.24, 2.45) is 0 Å². The van der Waals surface area contributed by atoms with Gasteiger partial charge in [0, 0.05) is 20.7 Å². The number of ether oxygens (including phenoxy) is 2. The fourth-order valence-corrected chi connectivity index (χ4v) is 5.30. The number of barbiturate groups is 1. The highest BCUT2D eigenvalue weighted by atomic mass is 79.9. The maximum absolute atomic E-state index is 13.4. The van der Waals surface area contributed by atoms with Gasteiger partial charge < -0.3 is 14.8 Å². The SMILES string of the molecule is CCOc1ccc(N2C(=O)NC(=O)/C(=C\c3cc(Br)cc(Br)c3OCC(=O)Nc3ccc(C)c(Cl)c3)C2=O)cc1. The summed E-state index contributed by atoms with van der Waals surface area (Å²) in [5, 5.41) is 5.41. The average molecular weight is 692 g/mol. The van der Waals surface area contributed by atoms with E-state index in [0.29, 0.717) is 37.6 Å². The Bertz CT molecular complexity index is 1540. The van der Waals surface area contributed by atoms with Gasteiger partial charge in [0.1, 0.15) is 17.1 Å². The standard InChI is InChI=1S/C28H22Br2ClN3O6/c1-3-39-20-8-6-19(7-9-20)34-27(37)21(26(36)33-28(34)38)11-16-10-17(29)12-22(30)25(16)40-14-24(35)32-18-5-4-15(2)23(31)13-18/h4-13H,3,14H2,1-2H3,(H,32,35)(H,33,36,38)/b21-11+. The molecule has 1 aliphatic heterocycles. The summed E-state index contributed by atoms with van der Waals surface area (Å²) in [6, 6.07) is 13.9. The first-order chi connectivity index (χ1) is 19.1. The number of benzene rings is 3. The van der Waals surface area contributed by atoms with Crippen molar-refractivity contribution in [3.63, 3.8) is 0 Å². The summed E-state index contributed by atoms with van der Waals surface area (Å²) in [7, 11) is 0. The van der Waals surface area contributed by atoms with Gasteiger partial charge in [0.05, 0.1) is 16.8 Å². The molecular formula is C28H22Br2ClN3O6. The van der Waals surface area contributed by atoms with Crippen LogP contribution < -0.4 is 25.0 Å². The van der Waals surface area contributed by atoms with E-state index >= 15 is 0 Å². The summed E-state index contributed by atoms with van der Waals surface area (Å²) < 4.78 is 12.3. The molecule has 40 heavy (non-hydrogen) atoms. The lowest BCUT2D eigenvalue weighted by molar-refractivity contribution is -0.122. The van der Waals surface area contributed by atoms with Gasteiger partial charge in [0.25, 0.3) is 17.7 Å². The van der Waals surface area contributed by atoms with Crippen LogP contribution in [-0.2, 0) is 14.4 Å². The number of anilines is 2. The lowest BCUT2D eigenvalue weighted by atomic mass is 10.1. The number of urea groups is 1. The maximum Gasteiger partial charge on any atom is 0.335 e. The van der Waals surface area contributed by atoms with Crippen LogP contribution >= 0.6 is 43.5 Å². The van der Waals surface area contributed by atoms with E-state index < -0.39 is 23.8 Å². The Morgan fingerprint density at radius 2 is 1.77 bits per heavy atom. The summed E-state index contributed by atoms with van der Waals surface area (Å²) in [6.45, 7) is 3.77. The van der Waals surface area contributed by atoms with Crippen LogP contribution in [-0.4, -0.2) is 37.0 Å². The minimum absolute atomic E-state index is 0.206. The van der Waals surface area contributed by atoms with Crippen molar-refractivity contribution < 1.29 is 28.7 Å². The molecule has 0 aromatic heterocycles. The minimum Gasteiger partial charge on any atom is -0.494 e. The highest BCUT2D eigenvalue weighted by Gasteiger charge is 2.37. The normalized spacial score (nSPS) is 14.3. The molecule has 0 atom stereocenters. The van der Waals surface area contributed by atoms with Crippen molar-refractivity contribution in [2.75, 3.05) is 23.4 Å². The number of nitrogens with zero attached hydrogens (tertiary/aromatic N) is 1. The lowest BCUT2D eigenvalue weighted by Crippen LogP contribution is -2.54. The van der Waals surface area contributed by atoms with Gasteiger partial charge in [0.15, 0.2) is 6.61 Å². The molecule has 0 radical (unpaired) electrons. The van der Waals surface area contributed by atoms with Gasteiger partial charge >= 0.3 is 6.03 Å². The van der Waals surface area contributed by atoms with Crippen molar-refractivity contribution in [3.8, 4) is 11.5 Å². The minimum atomic E-state index is -0.879. The number of hydrogen-bond donors (Lipinski definition) is 2. The summed E-state index contributed by atoms with van der Waals surface area (Å²) in [6.07, 6.45) is 1.30. The van der Waals surface area contributed by atoms with Crippen molar-refractivity contribution in [2.45, 2.75) is 13.8 Å². The van der Waals surface area contributed by atoms with Crippen molar-refractivity contribution in [3.05, 3.63) is 85.3 Å². The highest BCUT2D eigenvalue weighted by molar-refractivity contribution is 9.11. The first-order valence-electron chi connectivity index (χ1n) is 11.9. The van der Waals surface area contributed by atoms with E-state index in [9.17, 15) is 19.2 Å². The predicted octanol–water partition coefficient (Wildman–Crippen LogP) is 6.26. The van der Waals surface area contributed by atoms with Crippen LogP contribution in [0.15, 0.2) is 69.1 Å². The summed E-state index contributed by atoms with van der Waals surface area (Å²) >= 11 is 12.9. The van der Waals surface area contributed by atoms with E-state index in [-0.39, 0.29) is 23.6 Å². The van der Waals surface area contributed by atoms with E-state index in [1.165, 1.54) is 6.08 Å². The van der Waals surface area contributed by atoms with Crippen molar-refractivity contribution in [1.29, 1.82) is 0 Å². The van der Waals surface area contributed by atoms with Gasteiger partial charge in [0.2, 0.25) is 0 Å². The first kappa shape index (κ1) is 29.3. The third-order valence-electron chi connectivity index (χ3n) is 5.65. The Labute approximate surface area is 251 Å². The molecule has 1 heterocycles. The smallest absolute Gasteiger partial charge is 0.335 e. The molecule has 1 saturated heterocycles. The molecular weight excluding hydrogens is 670 g/mol. The van der Waals surface area contributed by atoms with Crippen molar-refractivity contribution in [1.82, 2.24) is 5.32 Å². The van der Waals surface area contributed by atoms with Gasteiger partial charge in [-0.15, -0.1) is 0 Å². The van der Waals surface area contributed by atoms with Gasteiger partial charge in [-0.25, -0.2) is 9.69 Å². The van der Waals surface area contributed by atoms with Crippen molar-refractivity contribution >= 4 is 84.7 Å². The van der Waals surface area contributed by atoms with Crippen LogP contribution in [0.25, 0.3) is 6.08 Å². The number of amides is 5. The number of aryl methyl sites for hydroxylation is 1. The summed E-state index contributed by atoms with van der Waals surface area (Å²) in [4.78, 5) is 52.1. The molecule has 206 valence electrons. The Kier molecular flexibility index (Phi) is 9.28. The summed E-state index contributed by atoms with van der Waals surface area (Å²) in [5.41, 5.74) is 1.64. The van der Waals surface area contributed by atoms with Gasteiger partial charge in [-0.3, -0.25) is 19.7 Å². The Balaban J connectivity index is 1.60. The van der Waals surface area contributed by atoms with Gasteiger partial charge in [-0.2, -0.15) is 0 Å². The molecule has 1 fully saturated rings. The predicted molar refractivity (Wildman–Crippen MR) is 159 cm³/mol. The average Bonchev–Trinajstić information content (AvgIpc) is 2.89. The quantitative estimate of drug-likeness (QED) is 0.213. The van der Waals surface area contributed by atoms with Crippen LogP contribution in [0, 0.1) is 6.92 Å². The molecule has 5 amide bonds. The molecule has 0 spiro atoms. The molecule has 1 aliphatic rings. The van der Waals surface area contributed by atoms with Crippen LogP contribution in [0.5, 0.6) is 11.5 Å². The number of carbonyl (C=O) groups excluding carboxylic acids is 4. The number of nitrogens with one attached hydrogen (secondary N) is 2. The number of imide groups is 2. The highest BCUT2D eigenvalue weighted by Crippen LogP contribution is 2.35. The fourth-order valence-electron chi connectivity index (χ4n) is 3.75. The van der Waals surface area contributed by atoms with E-state index in [1.54, 1.807) is 54.6 Å². The third-order valence-corrected chi connectivity index (χ3v) is 7.10. The molecule has 0 unspecified atom stereocenters. The molecule has 3 aromatic carbocycles. The molecule has 2 N–H and O–H groups in total. The van der Waals surface area contributed by atoms with Gasteiger partial charge in [-0.05, 0) is 89.9 Å². The Hall–Kier alpha value is -3.67. The van der Waals surface area contributed by atoms with Crippen LogP contribution in [0.4, 0.5) is 16.2 Å². The monoisotopic (exact) mass is 689 g/mol. The number of hydrogen-bond acceptors (Lipinski definition) is 6. The van der Waals surface area contributed by atoms with Crippen LogP contribution in [0.3, 0.4) is 0 Å². The second kappa shape index (κ2) is 12.7. The molecule has 0 aliphatic carbocycles. The zero-order valence-corrected chi connectivity index (χ0v) is 25.1. The molecule has 3 aromatic rings. The van der Waals surface area contributed by atoms with Crippen LogP contribution in [0.1, 0.15) is 18.1 Å². The molecule has 9 nitrogen and oxygen atoms in total. The van der Waals surface area contributed by atoms with E-state index in [4.69, 9.17) is 21.1 Å². The Morgan fingerprint density at radius 1 is 1.05 bits per heavy atom. The van der Waals surface area contributed by atoms with Crippen LogP contribution in [0.2, 0.25) is 5.02 Å². The molecule has 0 bridgehead atoms. The first-order valence-corrected chi connectivity index (χ1v) is 13.9. The summed E-state index contributed by atoms with van der Waals surface area (Å²) in [5.74, 6) is -1.37. The second-order valence-electron chi connectivity index (χ2n) is 8.49. The zero-order chi connectivity index (χ0) is 29.0. The van der Waals surface area contributed by atoms with E-state index in [0.717, 1.165) is 10.5 Å². The van der Waals surface area contributed by atoms with E-state index in [2.05, 4.69) is 42.5 Å². The molecule has 0 saturated carbocycles. The second-order valence-corrected chi connectivity index (χ2v) is 10.7.